The van der Waals surface area contributed by atoms with Crippen LogP contribution in [0.1, 0.15) is 25.8 Å². The van der Waals surface area contributed by atoms with Crippen LogP contribution in [0, 0.1) is 0 Å². The second-order valence-corrected chi connectivity index (χ2v) is 5.71. The maximum absolute atomic E-state index is 12.2. The van der Waals surface area contributed by atoms with E-state index in [-0.39, 0.29) is 18.0 Å². The Morgan fingerprint density at radius 2 is 2.00 bits per heavy atom. The SMILES string of the molecule is CC(C)NC(=O)C(Cc1ccccc1)NCCCSO. The molecule has 0 aromatic heterocycles. The zero-order valence-electron chi connectivity index (χ0n) is 12.1. The van der Waals surface area contributed by atoms with Crippen LogP contribution in [0.4, 0.5) is 0 Å². The van der Waals surface area contributed by atoms with Gasteiger partial charge in [0.15, 0.2) is 0 Å². The van der Waals surface area contributed by atoms with Gasteiger partial charge in [-0.05, 0) is 50.8 Å². The van der Waals surface area contributed by atoms with E-state index in [0.717, 1.165) is 30.6 Å². The fourth-order valence-corrected chi connectivity index (χ4v) is 2.18. The van der Waals surface area contributed by atoms with Crippen molar-refractivity contribution < 1.29 is 9.35 Å². The Morgan fingerprint density at radius 1 is 1.30 bits per heavy atom. The molecule has 0 saturated heterocycles. The minimum Gasteiger partial charge on any atom is -0.353 e. The van der Waals surface area contributed by atoms with Gasteiger partial charge in [0.25, 0.3) is 0 Å². The quantitative estimate of drug-likeness (QED) is 0.483. The molecule has 5 heteroatoms. The summed E-state index contributed by atoms with van der Waals surface area (Å²) in [6, 6.07) is 9.89. The average molecular weight is 296 g/mol. The number of carbonyl (C=O) groups is 1. The Bertz CT molecular complexity index is 385. The Morgan fingerprint density at radius 3 is 2.60 bits per heavy atom. The van der Waals surface area contributed by atoms with Crippen LogP contribution in [-0.4, -0.2) is 34.8 Å². The molecule has 0 saturated carbocycles. The highest BCUT2D eigenvalue weighted by molar-refractivity contribution is 7.93. The van der Waals surface area contributed by atoms with Crippen molar-refractivity contribution in [2.24, 2.45) is 0 Å². The van der Waals surface area contributed by atoms with Crippen LogP contribution in [0.15, 0.2) is 30.3 Å². The van der Waals surface area contributed by atoms with Gasteiger partial charge in [0.2, 0.25) is 5.91 Å². The summed E-state index contributed by atoms with van der Waals surface area (Å²) in [5.74, 6) is 0.706. The van der Waals surface area contributed by atoms with Crippen LogP contribution in [-0.2, 0) is 11.2 Å². The first-order chi connectivity index (χ1) is 9.63. The number of rotatable bonds is 9. The number of nitrogens with one attached hydrogen (secondary N) is 2. The van der Waals surface area contributed by atoms with Gasteiger partial charge >= 0.3 is 0 Å². The van der Waals surface area contributed by atoms with Gasteiger partial charge in [-0.1, -0.05) is 30.3 Å². The number of benzene rings is 1. The van der Waals surface area contributed by atoms with E-state index < -0.39 is 0 Å². The van der Waals surface area contributed by atoms with Gasteiger partial charge in [-0.2, -0.15) is 0 Å². The molecule has 1 amide bonds. The Balaban J connectivity index is 2.56. The van der Waals surface area contributed by atoms with E-state index in [0.29, 0.717) is 12.2 Å². The second kappa shape index (κ2) is 9.80. The molecule has 3 N–H and O–H groups in total. The Hall–Kier alpha value is -1.04. The van der Waals surface area contributed by atoms with E-state index in [1.807, 2.05) is 44.2 Å². The smallest absolute Gasteiger partial charge is 0.237 e. The molecule has 0 aliphatic rings. The van der Waals surface area contributed by atoms with E-state index in [4.69, 9.17) is 4.55 Å². The molecule has 112 valence electrons. The topological polar surface area (TPSA) is 61.4 Å². The van der Waals surface area contributed by atoms with Crippen molar-refractivity contribution in [2.45, 2.75) is 38.8 Å². The maximum Gasteiger partial charge on any atom is 0.237 e. The van der Waals surface area contributed by atoms with Crippen molar-refractivity contribution in [1.29, 1.82) is 0 Å². The largest absolute Gasteiger partial charge is 0.353 e. The van der Waals surface area contributed by atoms with Crippen molar-refractivity contribution in [3.63, 3.8) is 0 Å². The first-order valence-electron chi connectivity index (χ1n) is 6.97. The molecule has 1 aromatic rings. The van der Waals surface area contributed by atoms with Crippen LogP contribution in [0.5, 0.6) is 0 Å². The lowest BCUT2D eigenvalue weighted by Crippen LogP contribution is -2.48. The molecule has 0 aliphatic heterocycles. The number of carbonyl (C=O) groups excluding carboxylic acids is 1. The maximum atomic E-state index is 12.2. The molecular formula is C15H24N2O2S. The molecule has 0 aliphatic carbocycles. The van der Waals surface area contributed by atoms with Gasteiger partial charge in [0.05, 0.1) is 6.04 Å². The van der Waals surface area contributed by atoms with Crippen molar-refractivity contribution in [3.8, 4) is 0 Å². The number of hydrogen-bond acceptors (Lipinski definition) is 4. The Kier molecular flexibility index (Phi) is 8.34. The molecular weight excluding hydrogens is 272 g/mol. The molecule has 1 unspecified atom stereocenters. The van der Waals surface area contributed by atoms with Gasteiger partial charge in [0.1, 0.15) is 0 Å². The molecule has 20 heavy (non-hydrogen) atoms. The van der Waals surface area contributed by atoms with Gasteiger partial charge in [-0.15, -0.1) is 0 Å². The third-order valence-electron chi connectivity index (χ3n) is 2.83. The van der Waals surface area contributed by atoms with Crippen molar-refractivity contribution in [1.82, 2.24) is 10.6 Å². The summed E-state index contributed by atoms with van der Waals surface area (Å²) < 4.78 is 8.70. The third-order valence-corrected chi connectivity index (χ3v) is 3.30. The summed E-state index contributed by atoms with van der Waals surface area (Å²) in [6.45, 7) is 4.64. The summed E-state index contributed by atoms with van der Waals surface area (Å²) in [5, 5.41) is 6.22. The third kappa shape index (κ3) is 6.93. The van der Waals surface area contributed by atoms with E-state index in [9.17, 15) is 4.79 Å². The van der Waals surface area contributed by atoms with E-state index in [2.05, 4.69) is 10.6 Å². The predicted octanol–water partition coefficient (Wildman–Crippen LogP) is 2.31. The standard InChI is InChI=1S/C15H24N2O2S/c1-12(2)17-15(18)14(16-9-6-10-20-19)11-13-7-4-3-5-8-13/h3-5,7-8,12,14,16,19H,6,9-11H2,1-2H3,(H,17,18). The highest BCUT2D eigenvalue weighted by atomic mass is 32.2. The number of hydrogen-bond donors (Lipinski definition) is 3. The van der Waals surface area contributed by atoms with Crippen LogP contribution in [0.3, 0.4) is 0 Å². The lowest BCUT2D eigenvalue weighted by Gasteiger charge is -2.20. The second-order valence-electron chi connectivity index (χ2n) is 5.05. The summed E-state index contributed by atoms with van der Waals surface area (Å²) in [7, 11) is 0. The van der Waals surface area contributed by atoms with Gasteiger partial charge in [-0.25, -0.2) is 0 Å². The zero-order valence-corrected chi connectivity index (χ0v) is 13.0. The molecule has 4 nitrogen and oxygen atoms in total. The predicted molar refractivity (Wildman–Crippen MR) is 84.9 cm³/mol. The lowest BCUT2D eigenvalue weighted by molar-refractivity contribution is -0.123. The van der Waals surface area contributed by atoms with Gasteiger partial charge in [-0.3, -0.25) is 4.79 Å². The van der Waals surface area contributed by atoms with E-state index in [1.54, 1.807) is 0 Å². The highest BCUT2D eigenvalue weighted by Gasteiger charge is 2.18. The summed E-state index contributed by atoms with van der Waals surface area (Å²) in [6.07, 6.45) is 1.51. The minimum atomic E-state index is -0.233. The molecule has 0 heterocycles. The van der Waals surface area contributed by atoms with Crippen LogP contribution in [0.2, 0.25) is 0 Å². The average Bonchev–Trinajstić information content (AvgIpc) is 2.42. The molecule has 0 fully saturated rings. The van der Waals surface area contributed by atoms with Gasteiger partial charge < -0.3 is 15.2 Å². The van der Waals surface area contributed by atoms with Crippen molar-refractivity contribution >= 4 is 17.9 Å². The molecule has 0 bridgehead atoms. The first kappa shape index (κ1) is 17.0. The van der Waals surface area contributed by atoms with E-state index >= 15 is 0 Å². The minimum absolute atomic E-state index is 0.0282. The van der Waals surface area contributed by atoms with Crippen LogP contribution in [0.25, 0.3) is 0 Å². The van der Waals surface area contributed by atoms with E-state index in [1.165, 1.54) is 0 Å². The molecule has 0 radical (unpaired) electrons. The summed E-state index contributed by atoms with van der Waals surface area (Å²) in [5.41, 5.74) is 1.14. The monoisotopic (exact) mass is 296 g/mol. The number of amides is 1. The lowest BCUT2D eigenvalue weighted by atomic mass is 10.0. The van der Waals surface area contributed by atoms with Gasteiger partial charge in [0, 0.05) is 11.8 Å². The first-order valence-corrected chi connectivity index (χ1v) is 7.91. The zero-order chi connectivity index (χ0) is 14.8. The van der Waals surface area contributed by atoms with Crippen LogP contribution >= 0.6 is 12.0 Å². The molecule has 1 atom stereocenters. The summed E-state index contributed by atoms with van der Waals surface area (Å²) >= 11 is 0.836. The van der Waals surface area contributed by atoms with Crippen molar-refractivity contribution in [2.75, 3.05) is 12.3 Å². The van der Waals surface area contributed by atoms with Crippen LogP contribution < -0.4 is 10.6 Å². The normalized spacial score (nSPS) is 12.4. The Labute approximate surface area is 125 Å². The summed E-state index contributed by atoms with van der Waals surface area (Å²) in [4.78, 5) is 12.2. The van der Waals surface area contributed by atoms with Crippen molar-refractivity contribution in [3.05, 3.63) is 35.9 Å². The highest BCUT2D eigenvalue weighted by Crippen LogP contribution is 2.04. The molecule has 1 rings (SSSR count). The fraction of sp³-hybridized carbons (Fsp3) is 0.533. The fourth-order valence-electron chi connectivity index (χ4n) is 1.91. The molecule has 0 spiro atoms. The molecule has 1 aromatic carbocycles.